The zero-order valence-corrected chi connectivity index (χ0v) is 16.8. The van der Waals surface area contributed by atoms with Crippen LogP contribution in [0.2, 0.25) is 5.02 Å². The number of nitrogens with zero attached hydrogens (tertiary/aromatic N) is 3. The molecule has 0 bridgehead atoms. The molecule has 4 rings (SSSR count). The van der Waals surface area contributed by atoms with E-state index in [0.717, 1.165) is 24.1 Å². The van der Waals surface area contributed by atoms with Crippen LogP contribution in [-0.2, 0) is 11.2 Å². The summed E-state index contributed by atoms with van der Waals surface area (Å²) in [5.74, 6) is 0.103. The van der Waals surface area contributed by atoms with Gasteiger partial charge in [-0.1, -0.05) is 23.7 Å². The fraction of sp³-hybridized carbons (Fsp3) is 0.381. The normalized spacial score (nSPS) is 16.6. The van der Waals surface area contributed by atoms with Gasteiger partial charge in [-0.05, 0) is 42.7 Å². The van der Waals surface area contributed by atoms with Crippen LogP contribution in [0, 0.1) is 10.1 Å². The molecule has 2 aliphatic rings. The largest absolute Gasteiger partial charge is 0.377 e. The van der Waals surface area contributed by atoms with Gasteiger partial charge in [-0.2, -0.15) is 0 Å². The van der Waals surface area contributed by atoms with E-state index in [1.807, 2.05) is 23.1 Å². The molecule has 2 aromatic rings. The van der Waals surface area contributed by atoms with Gasteiger partial charge in [0.05, 0.1) is 11.3 Å². The van der Waals surface area contributed by atoms with Gasteiger partial charge in [0, 0.05) is 49.0 Å². The number of anilines is 2. The Balaban J connectivity index is 1.38. The number of hydrogen-bond donors (Lipinski definition) is 1. The van der Waals surface area contributed by atoms with Crippen molar-refractivity contribution in [1.29, 1.82) is 0 Å². The molecule has 1 N–H and O–H groups in total. The van der Waals surface area contributed by atoms with E-state index < -0.39 is 0 Å². The summed E-state index contributed by atoms with van der Waals surface area (Å²) in [4.78, 5) is 27.6. The fourth-order valence-corrected chi connectivity index (χ4v) is 3.67. The van der Waals surface area contributed by atoms with Gasteiger partial charge in [0.2, 0.25) is 5.91 Å². The van der Waals surface area contributed by atoms with Crippen molar-refractivity contribution in [3.63, 3.8) is 0 Å². The molecule has 1 aliphatic carbocycles. The van der Waals surface area contributed by atoms with Gasteiger partial charge in [-0.3, -0.25) is 14.9 Å². The van der Waals surface area contributed by atoms with Crippen molar-refractivity contribution in [2.75, 3.05) is 36.4 Å². The number of rotatable bonds is 6. The van der Waals surface area contributed by atoms with E-state index in [-0.39, 0.29) is 16.5 Å². The van der Waals surface area contributed by atoms with E-state index >= 15 is 0 Å². The van der Waals surface area contributed by atoms with Crippen LogP contribution in [0.25, 0.3) is 0 Å². The van der Waals surface area contributed by atoms with Crippen LogP contribution in [0.4, 0.5) is 17.1 Å². The lowest BCUT2D eigenvalue weighted by molar-refractivity contribution is -0.384. The molecule has 1 aliphatic heterocycles. The molecule has 8 heteroatoms. The standard InChI is InChI=1S/C21H23ClN4O3/c22-16-3-1-15(2-4-16)13-21(27)25-11-9-24(10-12-25)18-7-8-20(26(28)29)19(14-18)23-17-5-6-17/h1-4,7-8,14,17,23H,5-6,9-13H2. The summed E-state index contributed by atoms with van der Waals surface area (Å²) >= 11 is 5.90. The Morgan fingerprint density at radius 3 is 2.41 bits per heavy atom. The maximum absolute atomic E-state index is 12.6. The minimum atomic E-state index is -0.345. The monoisotopic (exact) mass is 414 g/mol. The lowest BCUT2D eigenvalue weighted by Crippen LogP contribution is -2.49. The van der Waals surface area contributed by atoms with E-state index in [4.69, 9.17) is 11.6 Å². The summed E-state index contributed by atoms with van der Waals surface area (Å²) in [7, 11) is 0. The van der Waals surface area contributed by atoms with Crippen LogP contribution < -0.4 is 10.2 Å². The molecule has 1 heterocycles. The number of benzene rings is 2. The average Bonchev–Trinajstić information content (AvgIpc) is 3.53. The molecule has 2 fully saturated rings. The number of halogens is 1. The Hall–Kier alpha value is -2.80. The number of carbonyl (C=O) groups is 1. The Morgan fingerprint density at radius 1 is 1.10 bits per heavy atom. The van der Waals surface area contributed by atoms with Crippen molar-refractivity contribution in [1.82, 2.24) is 4.90 Å². The molecule has 2 aromatic carbocycles. The molecule has 0 radical (unpaired) electrons. The summed E-state index contributed by atoms with van der Waals surface area (Å²) in [6.45, 7) is 2.67. The zero-order valence-electron chi connectivity index (χ0n) is 16.0. The second-order valence-corrected chi connectivity index (χ2v) is 7.98. The average molecular weight is 415 g/mol. The minimum Gasteiger partial charge on any atom is -0.377 e. The number of hydrogen-bond acceptors (Lipinski definition) is 5. The first-order valence-electron chi connectivity index (χ1n) is 9.82. The lowest BCUT2D eigenvalue weighted by Gasteiger charge is -2.36. The minimum absolute atomic E-state index is 0.103. The first-order chi connectivity index (χ1) is 14.0. The third-order valence-electron chi connectivity index (χ3n) is 5.38. The van der Waals surface area contributed by atoms with Gasteiger partial charge in [0.15, 0.2) is 0 Å². The molecular weight excluding hydrogens is 392 g/mol. The van der Waals surface area contributed by atoms with Gasteiger partial charge in [0.25, 0.3) is 5.69 Å². The smallest absolute Gasteiger partial charge is 0.292 e. The molecule has 1 saturated carbocycles. The van der Waals surface area contributed by atoms with E-state index in [0.29, 0.717) is 49.4 Å². The van der Waals surface area contributed by atoms with E-state index in [1.54, 1.807) is 24.3 Å². The second kappa shape index (κ2) is 8.29. The quantitative estimate of drug-likeness (QED) is 0.575. The number of piperazine rings is 1. The molecule has 152 valence electrons. The van der Waals surface area contributed by atoms with Crippen LogP contribution in [0.15, 0.2) is 42.5 Å². The molecule has 0 unspecified atom stereocenters. The third kappa shape index (κ3) is 4.79. The highest BCUT2D eigenvalue weighted by atomic mass is 35.5. The molecule has 1 saturated heterocycles. The number of nitro benzene ring substituents is 1. The number of nitrogens with one attached hydrogen (secondary N) is 1. The van der Waals surface area contributed by atoms with E-state index in [9.17, 15) is 14.9 Å². The van der Waals surface area contributed by atoms with Crippen LogP contribution in [0.1, 0.15) is 18.4 Å². The van der Waals surface area contributed by atoms with Crippen LogP contribution >= 0.6 is 11.6 Å². The van der Waals surface area contributed by atoms with Crippen molar-refractivity contribution in [3.05, 3.63) is 63.2 Å². The van der Waals surface area contributed by atoms with E-state index in [1.165, 1.54) is 0 Å². The molecular formula is C21H23ClN4O3. The fourth-order valence-electron chi connectivity index (χ4n) is 3.55. The van der Waals surface area contributed by atoms with Crippen LogP contribution in [0.3, 0.4) is 0 Å². The molecule has 0 spiro atoms. The lowest BCUT2D eigenvalue weighted by atomic mass is 10.1. The van der Waals surface area contributed by atoms with Crippen molar-refractivity contribution >= 4 is 34.6 Å². The maximum Gasteiger partial charge on any atom is 0.292 e. The molecule has 29 heavy (non-hydrogen) atoms. The Bertz CT molecular complexity index is 907. The summed E-state index contributed by atoms with van der Waals surface area (Å²) < 4.78 is 0. The SMILES string of the molecule is O=C(Cc1ccc(Cl)cc1)N1CCN(c2ccc([N+](=O)[O-])c(NC3CC3)c2)CC1. The van der Waals surface area contributed by atoms with Gasteiger partial charge in [-0.25, -0.2) is 0 Å². The van der Waals surface area contributed by atoms with Gasteiger partial charge < -0.3 is 15.1 Å². The van der Waals surface area contributed by atoms with Crippen molar-refractivity contribution < 1.29 is 9.72 Å². The topological polar surface area (TPSA) is 78.7 Å². The predicted octanol–water partition coefficient (Wildman–Crippen LogP) is 3.71. The van der Waals surface area contributed by atoms with Crippen molar-refractivity contribution in [2.45, 2.75) is 25.3 Å². The number of amides is 1. The Labute approximate surface area is 174 Å². The third-order valence-corrected chi connectivity index (χ3v) is 5.63. The molecule has 0 atom stereocenters. The highest BCUT2D eigenvalue weighted by Crippen LogP contribution is 2.34. The Morgan fingerprint density at radius 2 is 1.79 bits per heavy atom. The maximum atomic E-state index is 12.6. The summed E-state index contributed by atoms with van der Waals surface area (Å²) in [5, 5.41) is 15.2. The number of carbonyl (C=O) groups excluding carboxylic acids is 1. The summed E-state index contributed by atoms with van der Waals surface area (Å²) in [6, 6.07) is 12.9. The summed E-state index contributed by atoms with van der Waals surface area (Å²) in [5.41, 5.74) is 2.59. The predicted molar refractivity (Wildman–Crippen MR) is 114 cm³/mol. The van der Waals surface area contributed by atoms with Gasteiger partial charge >= 0.3 is 0 Å². The highest BCUT2D eigenvalue weighted by Gasteiger charge is 2.27. The molecule has 0 aromatic heterocycles. The molecule has 7 nitrogen and oxygen atoms in total. The van der Waals surface area contributed by atoms with Crippen LogP contribution in [0.5, 0.6) is 0 Å². The first-order valence-corrected chi connectivity index (χ1v) is 10.2. The van der Waals surface area contributed by atoms with Crippen molar-refractivity contribution in [2.24, 2.45) is 0 Å². The zero-order chi connectivity index (χ0) is 20.4. The first kappa shape index (κ1) is 19.5. The summed E-state index contributed by atoms with van der Waals surface area (Å²) in [6.07, 6.45) is 2.47. The van der Waals surface area contributed by atoms with Gasteiger partial charge in [0.1, 0.15) is 5.69 Å². The molecule has 1 amide bonds. The van der Waals surface area contributed by atoms with Crippen molar-refractivity contribution in [3.8, 4) is 0 Å². The number of nitro groups is 1. The van der Waals surface area contributed by atoms with Crippen LogP contribution in [-0.4, -0.2) is 48.0 Å². The second-order valence-electron chi connectivity index (χ2n) is 7.55. The van der Waals surface area contributed by atoms with Gasteiger partial charge in [-0.15, -0.1) is 0 Å². The van der Waals surface area contributed by atoms with E-state index in [2.05, 4.69) is 10.2 Å². The highest BCUT2D eigenvalue weighted by molar-refractivity contribution is 6.30. The Kier molecular flexibility index (Phi) is 5.58.